The number of nitro benzene ring substituents is 1. The van der Waals surface area contributed by atoms with Crippen LogP contribution in [0.25, 0.3) is 0 Å². The van der Waals surface area contributed by atoms with Gasteiger partial charge in [0.05, 0.1) is 28.4 Å². The molecule has 2 aliphatic carbocycles. The molecule has 14 heteroatoms. The summed E-state index contributed by atoms with van der Waals surface area (Å²) in [5, 5.41) is 13.4. The van der Waals surface area contributed by atoms with E-state index >= 15 is 4.79 Å². The Morgan fingerprint density at radius 1 is 0.831 bits per heavy atom. The quantitative estimate of drug-likeness (QED) is 0.0407. The van der Waals surface area contributed by atoms with Gasteiger partial charge in [-0.15, -0.1) is 0 Å². The molecular weight excluding hydrogens is 861 g/mol. The van der Waals surface area contributed by atoms with E-state index in [1.54, 1.807) is 26.8 Å². The molecule has 2 aliphatic rings. The van der Waals surface area contributed by atoms with E-state index < -0.39 is 40.4 Å². The SMILES string of the molecule is CC(C)(C)OC(=O)N(CCCC1=CC(=O)C[C@@H]2C[C@@H](COCc3ccccc3)CC(=O)[C@]12CCCO[Si](c1ccccc1)(c1ccccc1)C(C)(C)C)S(=O)(=O)c1ccc([N+](=O)[O-])cc1. The molecule has 1 fully saturated rings. The first-order valence-corrected chi connectivity index (χ1v) is 25.8. The summed E-state index contributed by atoms with van der Waals surface area (Å²) in [6.07, 6.45) is 2.69. The second-order valence-corrected chi connectivity index (χ2v) is 25.4. The lowest BCUT2D eigenvalue weighted by molar-refractivity contribution is -0.384. The molecule has 0 saturated heterocycles. The maximum atomic E-state index is 15.0. The highest BCUT2D eigenvalue weighted by atomic mass is 32.2. The number of Topliss-reactive ketones (excluding diaryl/α,β-unsaturated/α-hetero) is 1. The number of sulfonamides is 1. The molecule has 346 valence electrons. The van der Waals surface area contributed by atoms with Gasteiger partial charge in [0.2, 0.25) is 0 Å². The van der Waals surface area contributed by atoms with E-state index in [0.29, 0.717) is 49.0 Å². The number of hydrogen-bond acceptors (Lipinski definition) is 10. The van der Waals surface area contributed by atoms with E-state index in [4.69, 9.17) is 13.9 Å². The first kappa shape index (κ1) is 49.2. The Morgan fingerprint density at radius 3 is 1.97 bits per heavy atom. The van der Waals surface area contributed by atoms with Crippen molar-refractivity contribution < 1.29 is 41.6 Å². The van der Waals surface area contributed by atoms with Crippen LogP contribution in [0, 0.1) is 27.4 Å². The summed E-state index contributed by atoms with van der Waals surface area (Å²) in [5.74, 6) is -0.501. The molecule has 1 saturated carbocycles. The van der Waals surface area contributed by atoms with E-state index in [1.165, 1.54) is 0 Å². The fourth-order valence-electron chi connectivity index (χ4n) is 9.77. The minimum Gasteiger partial charge on any atom is -0.443 e. The van der Waals surface area contributed by atoms with E-state index in [-0.39, 0.29) is 71.3 Å². The minimum atomic E-state index is -4.55. The third kappa shape index (κ3) is 11.2. The summed E-state index contributed by atoms with van der Waals surface area (Å²) >= 11 is 0. The molecule has 6 rings (SSSR count). The Balaban J connectivity index is 1.29. The van der Waals surface area contributed by atoms with Crippen LogP contribution in [0.2, 0.25) is 5.04 Å². The van der Waals surface area contributed by atoms with Gasteiger partial charge < -0.3 is 13.9 Å². The summed E-state index contributed by atoms with van der Waals surface area (Å²) in [6.45, 7) is 12.3. The minimum absolute atomic E-state index is 0.0220. The van der Waals surface area contributed by atoms with Crippen molar-refractivity contribution >= 4 is 52.1 Å². The lowest BCUT2D eigenvalue weighted by atomic mass is 9.53. The Bertz CT molecular complexity index is 2390. The number of allylic oxidation sites excluding steroid dienone is 2. The van der Waals surface area contributed by atoms with Crippen molar-refractivity contribution in [2.45, 2.75) is 109 Å². The highest BCUT2D eigenvalue weighted by Gasteiger charge is 2.54. The zero-order valence-corrected chi connectivity index (χ0v) is 40.2. The van der Waals surface area contributed by atoms with E-state index in [9.17, 15) is 28.1 Å². The van der Waals surface area contributed by atoms with Crippen molar-refractivity contribution in [1.29, 1.82) is 0 Å². The van der Waals surface area contributed by atoms with Gasteiger partial charge in [-0.2, -0.15) is 0 Å². The Hall–Kier alpha value is -5.28. The summed E-state index contributed by atoms with van der Waals surface area (Å²) in [5.41, 5.74) is -0.705. The van der Waals surface area contributed by atoms with Crippen molar-refractivity contribution in [3.8, 4) is 0 Å². The van der Waals surface area contributed by atoms with Gasteiger partial charge >= 0.3 is 6.09 Å². The first-order valence-electron chi connectivity index (χ1n) is 22.4. The zero-order chi connectivity index (χ0) is 47.0. The third-order valence-electron chi connectivity index (χ3n) is 12.6. The van der Waals surface area contributed by atoms with Crippen LogP contribution in [0.15, 0.2) is 132 Å². The van der Waals surface area contributed by atoms with E-state index in [2.05, 4.69) is 45.0 Å². The lowest BCUT2D eigenvalue weighted by Crippen LogP contribution is -2.66. The number of ketones is 2. The molecule has 0 aliphatic heterocycles. The number of hydrogen-bond donors (Lipinski definition) is 0. The monoisotopic (exact) mass is 922 g/mol. The van der Waals surface area contributed by atoms with Crippen LogP contribution < -0.4 is 10.4 Å². The maximum absolute atomic E-state index is 15.0. The van der Waals surface area contributed by atoms with Gasteiger partial charge in [-0.25, -0.2) is 17.5 Å². The van der Waals surface area contributed by atoms with Gasteiger partial charge in [0.25, 0.3) is 24.0 Å². The molecule has 0 aromatic heterocycles. The number of carbonyl (C=O) groups is 3. The van der Waals surface area contributed by atoms with Crippen molar-refractivity contribution in [1.82, 2.24) is 4.31 Å². The second-order valence-electron chi connectivity index (χ2n) is 19.3. The number of carbonyl (C=O) groups excluding carboxylic acids is 3. The number of non-ortho nitro benzene ring substituents is 1. The zero-order valence-electron chi connectivity index (χ0n) is 38.4. The molecule has 3 atom stereocenters. The molecule has 0 unspecified atom stereocenters. The summed E-state index contributed by atoms with van der Waals surface area (Å²) in [4.78, 5) is 52.7. The third-order valence-corrected chi connectivity index (χ3v) is 19.4. The topological polar surface area (TPSA) is 159 Å². The van der Waals surface area contributed by atoms with Gasteiger partial charge in [0.1, 0.15) is 11.4 Å². The lowest BCUT2D eigenvalue weighted by Gasteiger charge is -2.49. The van der Waals surface area contributed by atoms with Crippen LogP contribution in [0.1, 0.15) is 92.1 Å². The molecule has 0 N–H and O–H groups in total. The van der Waals surface area contributed by atoms with Gasteiger partial charge in [-0.1, -0.05) is 117 Å². The van der Waals surface area contributed by atoms with Crippen molar-refractivity contribution in [2.24, 2.45) is 17.3 Å². The number of ether oxygens (including phenoxy) is 2. The van der Waals surface area contributed by atoms with Gasteiger partial charge in [-0.3, -0.25) is 19.7 Å². The van der Waals surface area contributed by atoms with Crippen molar-refractivity contribution in [3.63, 3.8) is 0 Å². The molecule has 12 nitrogen and oxygen atoms in total. The normalized spacial score (nSPS) is 19.3. The molecule has 0 bridgehead atoms. The predicted molar refractivity (Wildman–Crippen MR) is 253 cm³/mol. The van der Waals surface area contributed by atoms with Crippen LogP contribution in [-0.2, 0) is 40.1 Å². The molecule has 0 spiro atoms. The number of rotatable bonds is 18. The number of fused-ring (bicyclic) bond motifs is 1. The molecule has 0 heterocycles. The Kier molecular flexibility index (Phi) is 15.5. The number of nitrogens with zero attached hydrogens (tertiary/aromatic N) is 2. The molecule has 4 aromatic rings. The number of amides is 1. The van der Waals surface area contributed by atoms with Crippen molar-refractivity contribution in [3.05, 3.63) is 143 Å². The number of nitro groups is 1. The van der Waals surface area contributed by atoms with Gasteiger partial charge in [0, 0.05) is 38.1 Å². The van der Waals surface area contributed by atoms with E-state index in [0.717, 1.165) is 40.2 Å². The largest absolute Gasteiger partial charge is 0.443 e. The average Bonchev–Trinajstić information content (AvgIpc) is 3.25. The average molecular weight is 923 g/mol. The fourth-order valence-corrected chi connectivity index (χ4v) is 15.7. The number of benzene rings is 4. The second kappa shape index (κ2) is 20.5. The molecule has 1 amide bonds. The van der Waals surface area contributed by atoms with Gasteiger partial charge in [0.15, 0.2) is 5.78 Å². The smallest absolute Gasteiger partial charge is 0.424 e. The predicted octanol–water partition coefficient (Wildman–Crippen LogP) is 9.36. The van der Waals surface area contributed by atoms with Crippen LogP contribution in [0.5, 0.6) is 0 Å². The highest BCUT2D eigenvalue weighted by molar-refractivity contribution is 7.89. The van der Waals surface area contributed by atoms with Gasteiger partial charge in [-0.05, 0) is 104 Å². The molecular formula is C51H62N2O10SSi. The molecule has 65 heavy (non-hydrogen) atoms. The van der Waals surface area contributed by atoms with E-state index in [1.807, 2.05) is 66.7 Å². The maximum Gasteiger partial charge on any atom is 0.424 e. The summed E-state index contributed by atoms with van der Waals surface area (Å²) < 4.78 is 47.8. The van der Waals surface area contributed by atoms with Crippen molar-refractivity contribution in [2.75, 3.05) is 19.8 Å². The Morgan fingerprint density at radius 2 is 1.42 bits per heavy atom. The summed E-state index contributed by atoms with van der Waals surface area (Å²) in [7, 11) is -7.45. The van der Waals surface area contributed by atoms with Crippen LogP contribution in [0.4, 0.5) is 10.5 Å². The molecule has 0 radical (unpaired) electrons. The van der Waals surface area contributed by atoms with Crippen LogP contribution in [0.3, 0.4) is 0 Å². The van der Waals surface area contributed by atoms with Crippen LogP contribution in [-0.4, -0.2) is 69.0 Å². The first-order chi connectivity index (χ1) is 30.8. The fraction of sp³-hybridized carbons (Fsp3) is 0.431. The highest BCUT2D eigenvalue weighted by Crippen LogP contribution is 2.54. The standard InChI is InChI=1S/C51H62N2O10SSi/c1-49(2,3)63-48(56)52(64(59,60)44-27-25-42(26-28-44)53(57)58)30-16-20-40-34-43(54)35-41-32-39(37-61-36-38-18-10-7-11-19-38)33-47(55)51(40,41)29-17-31-62-65(50(4,5)6,45-21-12-8-13-22-45)46-23-14-9-15-24-46/h7-15,18-19,21-28,34,39,41H,16-17,20,29-33,35-37H2,1-6H3/t39-,41+,51-/m1/s1. The summed E-state index contributed by atoms with van der Waals surface area (Å²) in [6, 6.07) is 34.8. The van der Waals surface area contributed by atoms with Crippen LogP contribution >= 0.6 is 0 Å². The Labute approximate surface area is 384 Å². The molecule has 4 aromatic carbocycles.